The molecule has 1 aromatic heterocycles. The van der Waals surface area contributed by atoms with E-state index in [1.165, 1.54) is 11.3 Å². The largest absolute Gasteiger partial charge is 0.447 e. The molecule has 8 heteroatoms. The van der Waals surface area contributed by atoms with Crippen molar-refractivity contribution in [3.05, 3.63) is 22.4 Å². The molecule has 1 atom stereocenters. The van der Waals surface area contributed by atoms with Gasteiger partial charge in [0.2, 0.25) is 5.91 Å². The van der Waals surface area contributed by atoms with Crippen LogP contribution in [0, 0.1) is 0 Å². The summed E-state index contributed by atoms with van der Waals surface area (Å²) in [6.45, 7) is 3.83. The molecule has 2 saturated heterocycles. The average Bonchev–Trinajstić information content (AvgIpc) is 3.34. The van der Waals surface area contributed by atoms with Crippen LogP contribution in [0.4, 0.5) is 4.79 Å². The van der Waals surface area contributed by atoms with E-state index in [4.69, 9.17) is 4.74 Å². The van der Waals surface area contributed by atoms with Gasteiger partial charge in [0.25, 0.3) is 5.91 Å². The van der Waals surface area contributed by atoms with E-state index in [1.807, 2.05) is 16.3 Å². The number of nitrogens with zero attached hydrogens (tertiary/aromatic N) is 2. The molecule has 2 fully saturated rings. The number of piperidine rings is 1. The number of cyclic esters (lactones) is 1. The smallest absolute Gasteiger partial charge is 0.410 e. The van der Waals surface area contributed by atoms with Gasteiger partial charge in [-0.05, 0) is 30.7 Å². The number of thiophene rings is 1. The first kappa shape index (κ1) is 19.7. The van der Waals surface area contributed by atoms with Gasteiger partial charge < -0.3 is 15.0 Å². The van der Waals surface area contributed by atoms with Gasteiger partial charge in [-0.15, -0.1) is 11.3 Å². The van der Waals surface area contributed by atoms with Gasteiger partial charge in [-0.25, -0.2) is 4.79 Å². The van der Waals surface area contributed by atoms with Gasteiger partial charge in [0.1, 0.15) is 6.61 Å². The van der Waals surface area contributed by atoms with Crippen LogP contribution in [0.3, 0.4) is 0 Å². The number of likely N-dealkylation sites (tertiary alicyclic amines) is 1. The van der Waals surface area contributed by atoms with Crippen molar-refractivity contribution in [2.45, 2.75) is 51.1 Å². The Morgan fingerprint density at radius 2 is 2.11 bits per heavy atom. The molecule has 27 heavy (non-hydrogen) atoms. The summed E-state index contributed by atoms with van der Waals surface area (Å²) in [6, 6.07) is 3.84. The second kappa shape index (κ2) is 9.21. The van der Waals surface area contributed by atoms with Crippen LogP contribution in [0.15, 0.2) is 17.5 Å². The second-order valence-corrected chi connectivity index (χ2v) is 8.00. The first-order valence-electron chi connectivity index (χ1n) is 9.64. The summed E-state index contributed by atoms with van der Waals surface area (Å²) >= 11 is 1.35. The standard InChI is InChI=1S/C19H27N3O4S/c1-2-3-5-15-13-26-19(25)22(15)14-7-9-21(10-8-14)17(23)12-20-18(24)16-6-4-11-27-16/h4,6,11,14-15H,2-3,5,7-10,12-13H2,1H3,(H,20,24). The SMILES string of the molecule is CCCCC1COC(=O)N1C1CCN(C(=O)CNC(=O)c2cccs2)CC1. The average molecular weight is 394 g/mol. The molecule has 0 radical (unpaired) electrons. The summed E-state index contributed by atoms with van der Waals surface area (Å²) in [5.74, 6) is -0.295. The molecule has 3 heterocycles. The van der Waals surface area contributed by atoms with E-state index < -0.39 is 0 Å². The van der Waals surface area contributed by atoms with Crippen LogP contribution in [0.5, 0.6) is 0 Å². The summed E-state index contributed by atoms with van der Waals surface area (Å²) < 4.78 is 5.26. The Morgan fingerprint density at radius 1 is 1.33 bits per heavy atom. The van der Waals surface area contributed by atoms with E-state index in [9.17, 15) is 14.4 Å². The van der Waals surface area contributed by atoms with Crippen LogP contribution in [-0.4, -0.2) is 66.0 Å². The van der Waals surface area contributed by atoms with E-state index in [2.05, 4.69) is 12.2 Å². The monoisotopic (exact) mass is 393 g/mol. The number of unbranched alkanes of at least 4 members (excludes halogenated alkanes) is 1. The van der Waals surface area contributed by atoms with Crippen molar-refractivity contribution in [1.29, 1.82) is 0 Å². The fourth-order valence-electron chi connectivity index (χ4n) is 3.74. The third-order valence-electron chi connectivity index (χ3n) is 5.25. The summed E-state index contributed by atoms with van der Waals surface area (Å²) in [4.78, 5) is 40.7. The molecule has 0 saturated carbocycles. The Balaban J connectivity index is 1.45. The number of hydrogen-bond acceptors (Lipinski definition) is 5. The maximum atomic E-state index is 12.4. The third-order valence-corrected chi connectivity index (χ3v) is 6.12. The van der Waals surface area contributed by atoms with Gasteiger partial charge in [0.05, 0.1) is 17.5 Å². The third kappa shape index (κ3) is 4.80. The first-order valence-corrected chi connectivity index (χ1v) is 10.5. The van der Waals surface area contributed by atoms with Crippen LogP contribution < -0.4 is 5.32 Å². The van der Waals surface area contributed by atoms with Crippen LogP contribution in [0.25, 0.3) is 0 Å². The van der Waals surface area contributed by atoms with Gasteiger partial charge in [0, 0.05) is 19.1 Å². The number of nitrogens with one attached hydrogen (secondary N) is 1. The topological polar surface area (TPSA) is 79.0 Å². The quantitative estimate of drug-likeness (QED) is 0.772. The zero-order chi connectivity index (χ0) is 19.2. The zero-order valence-electron chi connectivity index (χ0n) is 15.7. The van der Waals surface area contributed by atoms with Crippen LogP contribution in [0.1, 0.15) is 48.7 Å². The van der Waals surface area contributed by atoms with Crippen LogP contribution in [-0.2, 0) is 9.53 Å². The minimum atomic E-state index is -0.218. The molecule has 0 bridgehead atoms. The minimum absolute atomic E-state index is 0.00623. The highest BCUT2D eigenvalue weighted by Gasteiger charge is 2.39. The molecule has 1 N–H and O–H groups in total. The molecular weight excluding hydrogens is 366 g/mol. The van der Waals surface area contributed by atoms with Crippen molar-refractivity contribution >= 4 is 29.2 Å². The van der Waals surface area contributed by atoms with Crippen molar-refractivity contribution in [1.82, 2.24) is 15.1 Å². The lowest BCUT2D eigenvalue weighted by Gasteiger charge is -2.38. The van der Waals surface area contributed by atoms with Gasteiger partial charge in [-0.1, -0.05) is 25.8 Å². The predicted molar refractivity (Wildman–Crippen MR) is 103 cm³/mol. The van der Waals surface area contributed by atoms with E-state index in [-0.39, 0.29) is 36.5 Å². The van der Waals surface area contributed by atoms with Crippen LogP contribution >= 0.6 is 11.3 Å². The Kier molecular flexibility index (Phi) is 6.71. The summed E-state index contributed by atoms with van der Waals surface area (Å²) in [6.07, 6.45) is 4.44. The van der Waals surface area contributed by atoms with E-state index in [1.54, 1.807) is 11.0 Å². The maximum absolute atomic E-state index is 12.4. The lowest BCUT2D eigenvalue weighted by atomic mass is 10.00. The van der Waals surface area contributed by atoms with Gasteiger partial charge in [-0.3, -0.25) is 14.5 Å². The summed E-state index contributed by atoms with van der Waals surface area (Å²) in [5, 5.41) is 4.51. The molecule has 2 aliphatic heterocycles. The van der Waals surface area contributed by atoms with E-state index in [0.29, 0.717) is 24.6 Å². The van der Waals surface area contributed by atoms with Crippen molar-refractivity contribution in [3.63, 3.8) is 0 Å². The molecule has 1 unspecified atom stereocenters. The van der Waals surface area contributed by atoms with Gasteiger partial charge >= 0.3 is 6.09 Å². The highest BCUT2D eigenvalue weighted by Crippen LogP contribution is 2.26. The number of amides is 3. The Morgan fingerprint density at radius 3 is 2.78 bits per heavy atom. The zero-order valence-corrected chi connectivity index (χ0v) is 16.5. The number of rotatable bonds is 7. The molecule has 0 aromatic carbocycles. The van der Waals surface area contributed by atoms with Crippen molar-refractivity contribution in [2.75, 3.05) is 26.2 Å². The van der Waals surface area contributed by atoms with Crippen molar-refractivity contribution in [3.8, 4) is 0 Å². The number of ether oxygens (including phenoxy) is 1. The molecule has 3 amide bonds. The Bertz CT molecular complexity index is 656. The molecule has 2 aliphatic rings. The lowest BCUT2D eigenvalue weighted by molar-refractivity contribution is -0.131. The molecular formula is C19H27N3O4S. The highest BCUT2D eigenvalue weighted by molar-refractivity contribution is 7.12. The second-order valence-electron chi connectivity index (χ2n) is 7.05. The molecule has 0 aliphatic carbocycles. The number of carbonyl (C=O) groups excluding carboxylic acids is 3. The minimum Gasteiger partial charge on any atom is -0.447 e. The Hall–Kier alpha value is -2.09. The number of hydrogen-bond donors (Lipinski definition) is 1. The van der Waals surface area contributed by atoms with Gasteiger partial charge in [-0.2, -0.15) is 0 Å². The molecule has 148 valence electrons. The molecule has 0 spiro atoms. The van der Waals surface area contributed by atoms with Gasteiger partial charge in [0.15, 0.2) is 0 Å². The maximum Gasteiger partial charge on any atom is 0.410 e. The van der Waals surface area contributed by atoms with Crippen molar-refractivity contribution in [2.24, 2.45) is 0 Å². The molecule has 3 rings (SSSR count). The molecule has 7 nitrogen and oxygen atoms in total. The van der Waals surface area contributed by atoms with E-state index >= 15 is 0 Å². The molecule has 1 aromatic rings. The predicted octanol–water partition coefficient (Wildman–Crippen LogP) is 2.48. The number of carbonyl (C=O) groups is 3. The first-order chi connectivity index (χ1) is 13.1. The van der Waals surface area contributed by atoms with Crippen LogP contribution in [0.2, 0.25) is 0 Å². The fourth-order valence-corrected chi connectivity index (χ4v) is 4.38. The highest BCUT2D eigenvalue weighted by atomic mass is 32.1. The van der Waals surface area contributed by atoms with Crippen molar-refractivity contribution < 1.29 is 19.1 Å². The summed E-state index contributed by atoms with van der Waals surface area (Å²) in [5.41, 5.74) is 0. The Labute approximate surface area is 163 Å². The fraction of sp³-hybridized carbons (Fsp3) is 0.632. The van der Waals surface area contributed by atoms with E-state index in [0.717, 1.165) is 32.1 Å². The lowest BCUT2D eigenvalue weighted by Crippen LogP contribution is -2.51. The summed E-state index contributed by atoms with van der Waals surface area (Å²) in [7, 11) is 0. The normalized spacial score (nSPS) is 20.6.